The topological polar surface area (TPSA) is 74.9 Å². The fourth-order valence-corrected chi connectivity index (χ4v) is 3.59. The molecule has 7 nitrogen and oxygen atoms in total. The fourth-order valence-electron chi connectivity index (χ4n) is 3.59. The lowest BCUT2D eigenvalue weighted by Gasteiger charge is -2.36. The van der Waals surface area contributed by atoms with E-state index < -0.39 is 0 Å². The molecule has 1 aromatic carbocycles. The van der Waals surface area contributed by atoms with Crippen molar-refractivity contribution in [3.63, 3.8) is 0 Å². The number of ether oxygens (including phenoxy) is 1. The van der Waals surface area contributed by atoms with Crippen LogP contribution < -0.4 is 20.3 Å². The van der Waals surface area contributed by atoms with Gasteiger partial charge in [-0.25, -0.2) is 9.98 Å². The van der Waals surface area contributed by atoms with E-state index in [1.807, 2.05) is 12.1 Å². The number of guanidine groups is 1. The Balaban J connectivity index is 1.65. The number of oxazole rings is 1. The lowest BCUT2D eigenvalue weighted by atomic mass is 9.94. The van der Waals surface area contributed by atoms with Gasteiger partial charge in [0.15, 0.2) is 5.96 Å². The molecule has 164 valence electrons. The van der Waals surface area contributed by atoms with Crippen LogP contribution in [0.2, 0.25) is 0 Å². The summed E-state index contributed by atoms with van der Waals surface area (Å²) in [6, 6.07) is 8.50. The Bertz CT molecular complexity index is 840. The van der Waals surface area contributed by atoms with Gasteiger partial charge in [-0.1, -0.05) is 32.9 Å². The second-order valence-electron chi connectivity index (χ2n) is 8.66. The molecule has 2 N–H and O–H groups in total. The summed E-state index contributed by atoms with van der Waals surface area (Å²) >= 11 is 0. The molecule has 1 aliphatic rings. The Morgan fingerprint density at radius 1 is 1.33 bits per heavy atom. The molecule has 3 rings (SSSR count). The molecule has 0 bridgehead atoms. The molecule has 7 heteroatoms. The quantitative estimate of drug-likeness (QED) is 0.556. The summed E-state index contributed by atoms with van der Waals surface area (Å²) in [6.45, 7) is 11.5. The Hall–Kier alpha value is -2.70. The Labute approximate surface area is 179 Å². The van der Waals surface area contributed by atoms with Crippen molar-refractivity contribution in [1.82, 2.24) is 15.6 Å². The van der Waals surface area contributed by atoms with Gasteiger partial charge in [0.25, 0.3) is 0 Å². The molecule has 1 saturated heterocycles. The maximum atomic E-state index is 5.87. The average molecular weight is 414 g/mol. The molecule has 30 heavy (non-hydrogen) atoms. The zero-order chi connectivity index (χ0) is 21.6. The molecule has 1 atom stereocenters. The predicted molar refractivity (Wildman–Crippen MR) is 121 cm³/mol. The van der Waals surface area contributed by atoms with Gasteiger partial charge in [0.2, 0.25) is 5.89 Å². The number of hydrogen-bond donors (Lipinski definition) is 2. The van der Waals surface area contributed by atoms with Crippen molar-refractivity contribution < 1.29 is 9.15 Å². The van der Waals surface area contributed by atoms with Gasteiger partial charge in [-0.15, -0.1) is 0 Å². The van der Waals surface area contributed by atoms with Crippen molar-refractivity contribution in [2.45, 2.75) is 58.5 Å². The van der Waals surface area contributed by atoms with Gasteiger partial charge in [0, 0.05) is 31.1 Å². The second kappa shape index (κ2) is 9.87. The van der Waals surface area contributed by atoms with Crippen LogP contribution in [0.5, 0.6) is 5.75 Å². The van der Waals surface area contributed by atoms with Gasteiger partial charge in [-0.05, 0) is 31.9 Å². The Morgan fingerprint density at radius 3 is 2.83 bits per heavy atom. The van der Waals surface area contributed by atoms with E-state index in [-0.39, 0.29) is 5.41 Å². The molecular weight excluding hydrogens is 378 g/mol. The van der Waals surface area contributed by atoms with Crippen molar-refractivity contribution >= 4 is 11.6 Å². The largest absolute Gasteiger partial charge is 0.495 e. The lowest BCUT2D eigenvalue weighted by molar-refractivity contribution is 0.383. The zero-order valence-electron chi connectivity index (χ0n) is 18.9. The minimum Gasteiger partial charge on any atom is -0.495 e. The summed E-state index contributed by atoms with van der Waals surface area (Å²) in [7, 11) is 1.72. The molecule has 1 aliphatic heterocycles. The maximum Gasteiger partial charge on any atom is 0.216 e. The third kappa shape index (κ3) is 5.68. The number of aliphatic imine (C=N–C) groups is 1. The van der Waals surface area contributed by atoms with Crippen LogP contribution in [0, 0.1) is 0 Å². The van der Waals surface area contributed by atoms with Gasteiger partial charge in [0.1, 0.15) is 18.1 Å². The molecule has 1 aromatic heterocycles. The highest BCUT2D eigenvalue weighted by molar-refractivity contribution is 5.80. The van der Waals surface area contributed by atoms with E-state index in [9.17, 15) is 0 Å². The van der Waals surface area contributed by atoms with E-state index in [2.05, 4.69) is 60.3 Å². The van der Waals surface area contributed by atoms with Crippen LogP contribution in [-0.2, 0) is 12.0 Å². The van der Waals surface area contributed by atoms with E-state index in [1.54, 1.807) is 13.3 Å². The predicted octanol–water partition coefficient (Wildman–Crippen LogP) is 3.70. The van der Waals surface area contributed by atoms with Crippen LogP contribution in [0.3, 0.4) is 0 Å². The number of nitrogens with zero attached hydrogens (tertiary/aromatic N) is 3. The van der Waals surface area contributed by atoms with Crippen molar-refractivity contribution in [3.8, 4) is 5.75 Å². The second-order valence-corrected chi connectivity index (χ2v) is 8.66. The van der Waals surface area contributed by atoms with E-state index in [4.69, 9.17) is 14.1 Å². The molecule has 0 radical (unpaired) electrons. The van der Waals surface area contributed by atoms with Crippen molar-refractivity contribution in [1.29, 1.82) is 0 Å². The smallest absolute Gasteiger partial charge is 0.216 e. The number of rotatable bonds is 6. The molecule has 1 fully saturated rings. The van der Waals surface area contributed by atoms with Crippen LogP contribution in [0.25, 0.3) is 0 Å². The number of methoxy groups -OCH3 is 1. The lowest BCUT2D eigenvalue weighted by Crippen LogP contribution is -2.51. The summed E-state index contributed by atoms with van der Waals surface area (Å²) in [5.74, 6) is 3.22. The highest BCUT2D eigenvalue weighted by Crippen LogP contribution is 2.30. The first-order valence-electron chi connectivity index (χ1n) is 10.8. The number of hydrogen-bond acceptors (Lipinski definition) is 5. The van der Waals surface area contributed by atoms with Gasteiger partial charge in [0.05, 0.1) is 19.0 Å². The molecule has 0 amide bonds. The molecular formula is C23H35N5O2. The van der Waals surface area contributed by atoms with Crippen molar-refractivity contribution in [3.05, 3.63) is 42.1 Å². The average Bonchev–Trinajstić information content (AvgIpc) is 3.22. The monoisotopic (exact) mass is 413 g/mol. The zero-order valence-corrected chi connectivity index (χ0v) is 18.9. The minimum absolute atomic E-state index is 0.0538. The van der Waals surface area contributed by atoms with Gasteiger partial charge >= 0.3 is 0 Å². The summed E-state index contributed by atoms with van der Waals surface area (Å²) in [5.41, 5.74) is 1.09. The van der Waals surface area contributed by atoms with E-state index in [1.165, 1.54) is 0 Å². The molecule has 1 unspecified atom stereocenters. The van der Waals surface area contributed by atoms with Crippen LogP contribution >= 0.6 is 0 Å². The highest BCUT2D eigenvalue weighted by atomic mass is 16.5. The summed E-state index contributed by atoms with van der Waals surface area (Å²) in [4.78, 5) is 11.5. The molecule has 2 aromatic rings. The van der Waals surface area contributed by atoms with Crippen LogP contribution in [0.1, 0.15) is 52.2 Å². The van der Waals surface area contributed by atoms with Gasteiger partial charge < -0.3 is 24.7 Å². The number of para-hydroxylation sites is 2. The number of anilines is 1. The number of benzene rings is 1. The van der Waals surface area contributed by atoms with E-state index >= 15 is 0 Å². The normalized spacial score (nSPS) is 17.7. The maximum absolute atomic E-state index is 5.87. The third-order valence-corrected chi connectivity index (χ3v) is 5.20. The molecule has 0 saturated carbocycles. The number of nitrogens with one attached hydrogen (secondary N) is 2. The molecule has 0 aliphatic carbocycles. The number of piperidine rings is 1. The standard InChI is InChI=1S/C23H35N5O2/c1-6-24-22(26-15-21-25-14-20(30-21)23(2,3)4)27-17-10-9-13-28(16-17)18-11-7-8-12-19(18)29-5/h7-8,11-12,14,17H,6,9-10,13,15-16H2,1-5H3,(H2,24,26,27). The highest BCUT2D eigenvalue weighted by Gasteiger charge is 2.23. The van der Waals surface area contributed by atoms with Gasteiger partial charge in [-0.3, -0.25) is 0 Å². The first-order valence-corrected chi connectivity index (χ1v) is 10.8. The van der Waals surface area contributed by atoms with Crippen molar-refractivity contribution in [2.24, 2.45) is 4.99 Å². The first kappa shape index (κ1) is 22.0. The third-order valence-electron chi connectivity index (χ3n) is 5.20. The molecule has 0 spiro atoms. The number of aromatic nitrogens is 1. The van der Waals surface area contributed by atoms with E-state index in [0.717, 1.165) is 55.6 Å². The Morgan fingerprint density at radius 2 is 2.13 bits per heavy atom. The summed E-state index contributed by atoms with van der Waals surface area (Å²) < 4.78 is 11.4. The molecule has 2 heterocycles. The van der Waals surface area contributed by atoms with E-state index in [0.29, 0.717) is 18.5 Å². The minimum atomic E-state index is -0.0538. The first-order chi connectivity index (χ1) is 14.4. The fraction of sp³-hybridized carbons (Fsp3) is 0.565. The SMILES string of the molecule is CCNC(=NCc1ncc(C(C)(C)C)o1)NC1CCCN(c2ccccc2OC)C1. The van der Waals surface area contributed by atoms with Crippen LogP contribution in [0.15, 0.2) is 39.9 Å². The van der Waals surface area contributed by atoms with Gasteiger partial charge in [-0.2, -0.15) is 0 Å². The summed E-state index contributed by atoms with van der Waals surface area (Å²) in [5, 5.41) is 6.93. The Kier molecular flexibility index (Phi) is 7.24. The van der Waals surface area contributed by atoms with Crippen molar-refractivity contribution in [2.75, 3.05) is 31.6 Å². The van der Waals surface area contributed by atoms with Crippen LogP contribution in [0.4, 0.5) is 5.69 Å². The van der Waals surface area contributed by atoms with Crippen LogP contribution in [-0.4, -0.2) is 43.7 Å². The summed E-state index contributed by atoms with van der Waals surface area (Å²) in [6.07, 6.45) is 4.02.